The zero-order valence-electron chi connectivity index (χ0n) is 20.0. The van der Waals surface area contributed by atoms with Crippen molar-refractivity contribution in [1.82, 2.24) is 20.0 Å². The van der Waals surface area contributed by atoms with E-state index in [4.69, 9.17) is 9.47 Å². The Morgan fingerprint density at radius 3 is 2.65 bits per heavy atom. The highest BCUT2D eigenvalue weighted by Crippen LogP contribution is 2.30. The maximum Gasteiger partial charge on any atom is 0.311 e. The molecule has 9 heteroatoms. The van der Waals surface area contributed by atoms with Crippen molar-refractivity contribution in [2.24, 2.45) is 18.9 Å². The zero-order chi connectivity index (χ0) is 24.1. The number of aromatic nitrogens is 4. The lowest BCUT2D eigenvalue weighted by Crippen LogP contribution is -2.29. The standard InChI is InChI=1S/C25H34N4O5/c1-16-22(34-19-10-6-9-18(13-19)25(31)32)12-11-20(26-16)24-21(29(2)28-27-24)14-23(30)33-15-17-7-4-3-5-8-17/h11-12,17-19H,3-10,13-15H2,1-2H3,(H,31,32)/t18-,19-/m0/s1. The van der Waals surface area contributed by atoms with Crippen LogP contribution in [0, 0.1) is 18.8 Å². The summed E-state index contributed by atoms with van der Waals surface area (Å²) in [7, 11) is 1.76. The Morgan fingerprint density at radius 1 is 1.12 bits per heavy atom. The minimum atomic E-state index is -0.758. The van der Waals surface area contributed by atoms with Crippen molar-refractivity contribution in [3.05, 3.63) is 23.5 Å². The van der Waals surface area contributed by atoms with Crippen LogP contribution in [-0.4, -0.2) is 49.7 Å². The molecule has 9 nitrogen and oxygen atoms in total. The van der Waals surface area contributed by atoms with Crippen LogP contribution in [0.4, 0.5) is 0 Å². The quantitative estimate of drug-likeness (QED) is 0.578. The number of carboxylic acid groups (broad SMARTS) is 1. The fourth-order valence-electron chi connectivity index (χ4n) is 4.99. The average molecular weight is 471 g/mol. The molecule has 0 aromatic carbocycles. The third-order valence-corrected chi connectivity index (χ3v) is 7.01. The molecule has 4 rings (SSSR count). The van der Waals surface area contributed by atoms with Crippen molar-refractivity contribution >= 4 is 11.9 Å². The SMILES string of the molecule is Cc1nc(-c2nnn(C)c2CC(=O)OCC2CCCCC2)ccc1O[C@H]1CCC[C@H](C(=O)O)C1. The number of nitrogens with zero attached hydrogens (tertiary/aromatic N) is 4. The number of aryl methyl sites for hydroxylation is 2. The Labute approximate surface area is 199 Å². The molecular formula is C25H34N4O5. The first-order valence-electron chi connectivity index (χ1n) is 12.3. The number of ether oxygens (including phenoxy) is 2. The van der Waals surface area contributed by atoms with Gasteiger partial charge in [-0.2, -0.15) is 0 Å². The number of carbonyl (C=O) groups is 2. The van der Waals surface area contributed by atoms with Gasteiger partial charge < -0.3 is 14.6 Å². The summed E-state index contributed by atoms with van der Waals surface area (Å²) >= 11 is 0. The minimum absolute atomic E-state index is 0.0865. The first-order chi connectivity index (χ1) is 16.4. The van der Waals surface area contributed by atoms with Gasteiger partial charge in [-0.1, -0.05) is 24.5 Å². The summed E-state index contributed by atoms with van der Waals surface area (Å²) in [5, 5.41) is 17.7. The topological polar surface area (TPSA) is 116 Å². The van der Waals surface area contributed by atoms with Crippen molar-refractivity contribution in [2.45, 2.75) is 77.2 Å². The summed E-state index contributed by atoms with van der Waals surface area (Å²) in [6, 6.07) is 3.64. The summed E-state index contributed by atoms with van der Waals surface area (Å²) in [4.78, 5) is 28.5. The molecule has 2 aromatic heterocycles. The van der Waals surface area contributed by atoms with E-state index < -0.39 is 5.97 Å². The lowest BCUT2D eigenvalue weighted by molar-refractivity contribution is -0.145. The van der Waals surface area contributed by atoms with Gasteiger partial charge in [0.1, 0.15) is 11.4 Å². The van der Waals surface area contributed by atoms with Crippen LogP contribution in [0.1, 0.15) is 69.2 Å². The maximum atomic E-state index is 12.5. The van der Waals surface area contributed by atoms with Crippen LogP contribution in [0.25, 0.3) is 11.4 Å². The fourth-order valence-corrected chi connectivity index (χ4v) is 4.99. The van der Waals surface area contributed by atoms with E-state index in [1.807, 2.05) is 13.0 Å². The van der Waals surface area contributed by atoms with Gasteiger partial charge >= 0.3 is 11.9 Å². The molecule has 34 heavy (non-hydrogen) atoms. The van der Waals surface area contributed by atoms with E-state index in [2.05, 4.69) is 15.3 Å². The van der Waals surface area contributed by atoms with Crippen LogP contribution in [0.3, 0.4) is 0 Å². The largest absolute Gasteiger partial charge is 0.489 e. The van der Waals surface area contributed by atoms with Crippen LogP contribution >= 0.6 is 0 Å². The van der Waals surface area contributed by atoms with E-state index in [-0.39, 0.29) is 24.4 Å². The molecule has 184 valence electrons. The molecule has 2 fully saturated rings. The summed E-state index contributed by atoms with van der Waals surface area (Å²) < 4.78 is 13.3. The molecule has 0 bridgehead atoms. The van der Waals surface area contributed by atoms with Gasteiger partial charge in [-0.25, -0.2) is 4.98 Å². The number of pyridine rings is 1. The third-order valence-electron chi connectivity index (χ3n) is 7.01. The number of esters is 1. The third kappa shape index (κ3) is 5.93. The number of carbonyl (C=O) groups excluding carboxylic acids is 1. The molecule has 2 saturated carbocycles. The predicted octanol–water partition coefficient (Wildman–Crippen LogP) is 3.87. The van der Waals surface area contributed by atoms with Gasteiger partial charge in [-0.3, -0.25) is 14.3 Å². The van der Waals surface area contributed by atoms with Crippen LogP contribution in [-0.2, 0) is 27.8 Å². The van der Waals surface area contributed by atoms with E-state index >= 15 is 0 Å². The molecule has 1 N–H and O–H groups in total. The lowest BCUT2D eigenvalue weighted by Gasteiger charge is -2.27. The molecule has 0 aliphatic heterocycles. The fraction of sp³-hybridized carbons (Fsp3) is 0.640. The molecule has 0 spiro atoms. The Balaban J connectivity index is 1.41. The number of hydrogen-bond donors (Lipinski definition) is 1. The Morgan fingerprint density at radius 2 is 1.91 bits per heavy atom. The zero-order valence-corrected chi connectivity index (χ0v) is 20.0. The van der Waals surface area contributed by atoms with Crippen molar-refractivity contribution in [2.75, 3.05) is 6.61 Å². The monoisotopic (exact) mass is 470 g/mol. The maximum absolute atomic E-state index is 12.5. The summed E-state index contributed by atoms with van der Waals surface area (Å²) in [5.74, 6) is -0.290. The molecule has 2 heterocycles. The van der Waals surface area contributed by atoms with Crippen molar-refractivity contribution in [3.8, 4) is 17.1 Å². The highest BCUT2D eigenvalue weighted by atomic mass is 16.5. The highest BCUT2D eigenvalue weighted by Gasteiger charge is 2.28. The molecule has 0 radical (unpaired) electrons. The van der Waals surface area contributed by atoms with Gasteiger partial charge in [0.15, 0.2) is 0 Å². The second-order valence-electron chi connectivity index (χ2n) is 9.59. The molecule has 0 amide bonds. The van der Waals surface area contributed by atoms with Crippen molar-refractivity contribution in [1.29, 1.82) is 0 Å². The van der Waals surface area contributed by atoms with E-state index in [9.17, 15) is 14.7 Å². The molecule has 2 aliphatic carbocycles. The Hall–Kier alpha value is -2.97. The minimum Gasteiger partial charge on any atom is -0.489 e. The molecular weight excluding hydrogens is 436 g/mol. The van der Waals surface area contributed by atoms with Gasteiger partial charge in [0, 0.05) is 7.05 Å². The smallest absolute Gasteiger partial charge is 0.311 e. The average Bonchev–Trinajstić information content (AvgIpc) is 3.19. The van der Waals surface area contributed by atoms with Gasteiger partial charge in [-0.05, 0) is 63.5 Å². The van der Waals surface area contributed by atoms with Crippen molar-refractivity contribution in [3.63, 3.8) is 0 Å². The molecule has 0 unspecified atom stereocenters. The molecule has 2 atom stereocenters. The second-order valence-corrected chi connectivity index (χ2v) is 9.59. The van der Waals surface area contributed by atoms with Crippen LogP contribution in [0.15, 0.2) is 12.1 Å². The predicted molar refractivity (Wildman–Crippen MR) is 124 cm³/mol. The first-order valence-corrected chi connectivity index (χ1v) is 12.3. The summed E-state index contributed by atoms with van der Waals surface area (Å²) in [6.45, 7) is 2.33. The molecule has 0 saturated heterocycles. The van der Waals surface area contributed by atoms with E-state index in [1.165, 1.54) is 19.3 Å². The van der Waals surface area contributed by atoms with Gasteiger partial charge in [0.2, 0.25) is 0 Å². The first kappa shape index (κ1) is 24.2. The Bertz CT molecular complexity index is 1010. The summed E-state index contributed by atoms with van der Waals surface area (Å²) in [5.41, 5.74) is 2.51. The number of hydrogen-bond acceptors (Lipinski definition) is 7. The Kier molecular flexibility index (Phi) is 7.80. The summed E-state index contributed by atoms with van der Waals surface area (Å²) in [6.07, 6.45) is 8.78. The molecule has 2 aliphatic rings. The lowest BCUT2D eigenvalue weighted by atomic mass is 9.87. The van der Waals surface area contributed by atoms with E-state index in [0.29, 0.717) is 53.9 Å². The van der Waals surface area contributed by atoms with Gasteiger partial charge in [0.25, 0.3) is 0 Å². The highest BCUT2D eigenvalue weighted by molar-refractivity contribution is 5.75. The second kappa shape index (κ2) is 11.0. The number of aliphatic carboxylic acids is 1. The number of carboxylic acids is 1. The van der Waals surface area contributed by atoms with Crippen LogP contribution in [0.2, 0.25) is 0 Å². The van der Waals surface area contributed by atoms with Crippen LogP contribution < -0.4 is 4.74 Å². The van der Waals surface area contributed by atoms with E-state index in [0.717, 1.165) is 25.7 Å². The molecule has 2 aromatic rings. The van der Waals surface area contributed by atoms with Crippen LogP contribution in [0.5, 0.6) is 5.75 Å². The number of rotatable bonds is 8. The van der Waals surface area contributed by atoms with Gasteiger partial charge in [-0.15, -0.1) is 5.10 Å². The normalized spacial score (nSPS) is 21.2. The van der Waals surface area contributed by atoms with E-state index in [1.54, 1.807) is 17.8 Å². The van der Waals surface area contributed by atoms with Gasteiger partial charge in [0.05, 0.1) is 42.1 Å². The van der Waals surface area contributed by atoms with Crippen molar-refractivity contribution < 1.29 is 24.2 Å².